The Hall–Kier alpha value is -1.14. The van der Waals surface area contributed by atoms with E-state index < -0.39 is 0 Å². The van der Waals surface area contributed by atoms with Crippen molar-refractivity contribution in [3.8, 4) is 0 Å². The van der Waals surface area contributed by atoms with E-state index in [0.717, 1.165) is 32.4 Å². The summed E-state index contributed by atoms with van der Waals surface area (Å²) >= 11 is 0. The molecule has 0 aromatic carbocycles. The number of nitrogens with one attached hydrogen (secondary N) is 2. The average Bonchev–Trinajstić information content (AvgIpc) is 2.45. The normalized spacial score (nSPS) is 19.6. The van der Waals surface area contributed by atoms with Crippen LogP contribution in [0.4, 0.5) is 0 Å². The molecule has 0 radical (unpaired) electrons. The Kier molecular flexibility index (Phi) is 7.54. The van der Waals surface area contributed by atoms with Gasteiger partial charge in [-0.1, -0.05) is 6.92 Å². The van der Waals surface area contributed by atoms with E-state index in [-0.39, 0.29) is 18.4 Å². The molecule has 2 amide bonds. The number of nitrogens with zero attached hydrogens (tertiary/aromatic N) is 2. The van der Waals surface area contributed by atoms with E-state index in [2.05, 4.69) is 15.5 Å². The van der Waals surface area contributed by atoms with Gasteiger partial charge >= 0.3 is 0 Å². The van der Waals surface area contributed by atoms with E-state index in [1.807, 2.05) is 14.0 Å². The van der Waals surface area contributed by atoms with Gasteiger partial charge in [-0.2, -0.15) is 0 Å². The summed E-state index contributed by atoms with van der Waals surface area (Å²) in [6.07, 6.45) is 3.18. The Labute approximate surface area is 121 Å². The van der Waals surface area contributed by atoms with Gasteiger partial charge in [0.05, 0.1) is 13.1 Å². The maximum atomic E-state index is 12.1. The second-order valence-electron chi connectivity index (χ2n) is 5.46. The van der Waals surface area contributed by atoms with Gasteiger partial charge < -0.3 is 15.5 Å². The first-order chi connectivity index (χ1) is 9.56. The van der Waals surface area contributed by atoms with Crippen molar-refractivity contribution >= 4 is 11.8 Å². The quantitative estimate of drug-likeness (QED) is 0.671. The molecule has 2 N–H and O–H groups in total. The van der Waals surface area contributed by atoms with E-state index in [4.69, 9.17) is 0 Å². The first-order valence-electron chi connectivity index (χ1n) is 7.47. The zero-order valence-corrected chi connectivity index (χ0v) is 12.9. The highest BCUT2D eigenvalue weighted by atomic mass is 16.2. The standard InChI is InChI=1S/C14H28N4O2/c1-4-7-16-13(19)10-17(3)14(20)11-18-8-5-6-12(9-18)15-2/h12,15H,4-11H2,1-3H3,(H,16,19). The van der Waals surface area contributed by atoms with E-state index in [9.17, 15) is 9.59 Å². The minimum absolute atomic E-state index is 0.00778. The van der Waals surface area contributed by atoms with Crippen LogP contribution in [0.25, 0.3) is 0 Å². The molecule has 0 spiro atoms. The molecule has 20 heavy (non-hydrogen) atoms. The number of hydrogen-bond acceptors (Lipinski definition) is 4. The molecule has 1 unspecified atom stereocenters. The van der Waals surface area contributed by atoms with Crippen LogP contribution >= 0.6 is 0 Å². The van der Waals surface area contributed by atoms with Crippen LogP contribution in [0.3, 0.4) is 0 Å². The van der Waals surface area contributed by atoms with Crippen LogP contribution in [0.2, 0.25) is 0 Å². The van der Waals surface area contributed by atoms with Crippen LogP contribution in [-0.2, 0) is 9.59 Å². The van der Waals surface area contributed by atoms with E-state index in [1.54, 1.807) is 7.05 Å². The summed E-state index contributed by atoms with van der Waals surface area (Å²) in [4.78, 5) is 27.3. The summed E-state index contributed by atoms with van der Waals surface area (Å²) in [5, 5.41) is 6.04. The number of piperidine rings is 1. The molecule has 1 fully saturated rings. The van der Waals surface area contributed by atoms with Crippen LogP contribution in [0.15, 0.2) is 0 Å². The smallest absolute Gasteiger partial charge is 0.239 e. The van der Waals surface area contributed by atoms with Crippen LogP contribution < -0.4 is 10.6 Å². The molecule has 0 bridgehead atoms. The zero-order valence-electron chi connectivity index (χ0n) is 12.9. The number of hydrogen-bond donors (Lipinski definition) is 2. The summed E-state index contributed by atoms with van der Waals surface area (Å²) < 4.78 is 0. The molecule has 1 saturated heterocycles. The van der Waals surface area contributed by atoms with Gasteiger partial charge in [0.15, 0.2) is 0 Å². The SMILES string of the molecule is CCCNC(=O)CN(C)C(=O)CN1CCCC(NC)C1. The second-order valence-corrected chi connectivity index (χ2v) is 5.46. The van der Waals surface area contributed by atoms with E-state index >= 15 is 0 Å². The fourth-order valence-corrected chi connectivity index (χ4v) is 2.37. The van der Waals surface area contributed by atoms with Crippen molar-refractivity contribution in [1.29, 1.82) is 0 Å². The van der Waals surface area contributed by atoms with Gasteiger partial charge in [-0.15, -0.1) is 0 Å². The van der Waals surface area contributed by atoms with Gasteiger partial charge in [0.2, 0.25) is 11.8 Å². The van der Waals surface area contributed by atoms with Crippen molar-refractivity contribution in [2.24, 2.45) is 0 Å². The average molecular weight is 284 g/mol. The molecule has 6 heteroatoms. The largest absolute Gasteiger partial charge is 0.355 e. The molecule has 0 aliphatic carbocycles. The molecule has 1 heterocycles. The van der Waals surface area contributed by atoms with E-state index in [1.165, 1.54) is 4.90 Å². The highest BCUT2D eigenvalue weighted by Crippen LogP contribution is 2.09. The molecule has 1 rings (SSSR count). The fourth-order valence-electron chi connectivity index (χ4n) is 2.37. The third kappa shape index (κ3) is 5.88. The first kappa shape index (κ1) is 16.9. The predicted octanol–water partition coefficient (Wildman–Crippen LogP) is -0.345. The summed E-state index contributed by atoms with van der Waals surface area (Å²) in [7, 11) is 3.65. The molecule has 116 valence electrons. The highest BCUT2D eigenvalue weighted by molar-refractivity contribution is 5.85. The van der Waals surface area contributed by atoms with Gasteiger partial charge in [0.25, 0.3) is 0 Å². The molecule has 1 aliphatic heterocycles. The molecule has 1 atom stereocenters. The third-order valence-corrected chi connectivity index (χ3v) is 3.65. The zero-order chi connectivity index (χ0) is 15.0. The lowest BCUT2D eigenvalue weighted by molar-refractivity contribution is -0.135. The number of likely N-dealkylation sites (N-methyl/N-ethyl adjacent to an activating group) is 2. The summed E-state index contributed by atoms with van der Waals surface area (Å²) in [5.41, 5.74) is 0. The lowest BCUT2D eigenvalue weighted by Gasteiger charge is -2.32. The maximum absolute atomic E-state index is 12.1. The third-order valence-electron chi connectivity index (χ3n) is 3.65. The van der Waals surface area contributed by atoms with Gasteiger partial charge in [-0.3, -0.25) is 14.5 Å². The lowest BCUT2D eigenvalue weighted by atomic mass is 10.1. The van der Waals surface area contributed by atoms with Gasteiger partial charge in [-0.05, 0) is 32.9 Å². The van der Waals surface area contributed by atoms with E-state index in [0.29, 0.717) is 19.1 Å². The lowest BCUT2D eigenvalue weighted by Crippen LogP contribution is -2.49. The molecule has 0 aromatic rings. The van der Waals surface area contributed by atoms with Crippen molar-refractivity contribution in [1.82, 2.24) is 20.4 Å². The molecule has 6 nitrogen and oxygen atoms in total. The van der Waals surface area contributed by atoms with Crippen molar-refractivity contribution in [2.45, 2.75) is 32.2 Å². The number of amides is 2. The van der Waals surface area contributed by atoms with Gasteiger partial charge in [0.1, 0.15) is 0 Å². The Bertz CT molecular complexity index is 322. The fraction of sp³-hybridized carbons (Fsp3) is 0.857. The topological polar surface area (TPSA) is 64.7 Å². The molecular formula is C14H28N4O2. The minimum atomic E-state index is -0.0885. The minimum Gasteiger partial charge on any atom is -0.355 e. The second kappa shape index (κ2) is 8.92. The molecule has 0 aromatic heterocycles. The van der Waals surface area contributed by atoms with Crippen molar-refractivity contribution in [3.05, 3.63) is 0 Å². The Morgan fingerprint density at radius 3 is 2.80 bits per heavy atom. The van der Waals surface area contributed by atoms with Gasteiger partial charge in [-0.25, -0.2) is 0 Å². The van der Waals surface area contributed by atoms with Crippen molar-refractivity contribution in [3.63, 3.8) is 0 Å². The van der Waals surface area contributed by atoms with Crippen LogP contribution in [0.1, 0.15) is 26.2 Å². The van der Waals surface area contributed by atoms with Crippen molar-refractivity contribution < 1.29 is 9.59 Å². The molecule has 1 aliphatic rings. The van der Waals surface area contributed by atoms with Crippen LogP contribution in [-0.4, -0.2) is 74.5 Å². The van der Waals surface area contributed by atoms with Crippen molar-refractivity contribution in [2.75, 3.05) is 46.8 Å². The Balaban J connectivity index is 2.32. The number of carbonyl (C=O) groups excluding carboxylic acids is 2. The molecular weight excluding hydrogens is 256 g/mol. The number of likely N-dealkylation sites (tertiary alicyclic amines) is 1. The number of rotatable bonds is 7. The van der Waals surface area contributed by atoms with Crippen LogP contribution in [0, 0.1) is 0 Å². The first-order valence-corrected chi connectivity index (χ1v) is 7.47. The summed E-state index contributed by atoms with van der Waals surface area (Å²) in [6.45, 7) is 5.07. The Morgan fingerprint density at radius 2 is 2.15 bits per heavy atom. The summed E-state index contributed by atoms with van der Waals surface area (Å²) in [6, 6.07) is 0.467. The maximum Gasteiger partial charge on any atom is 0.239 e. The highest BCUT2D eigenvalue weighted by Gasteiger charge is 2.22. The number of carbonyl (C=O) groups is 2. The van der Waals surface area contributed by atoms with Gasteiger partial charge in [0, 0.05) is 26.2 Å². The summed E-state index contributed by atoms with van der Waals surface area (Å²) in [5.74, 6) is -0.0807. The Morgan fingerprint density at radius 1 is 1.40 bits per heavy atom. The van der Waals surface area contributed by atoms with Crippen LogP contribution in [0.5, 0.6) is 0 Å². The predicted molar refractivity (Wildman–Crippen MR) is 79.5 cm³/mol. The monoisotopic (exact) mass is 284 g/mol. The molecule has 0 saturated carbocycles.